The minimum Gasteiger partial charge on any atom is -0.369 e. The monoisotopic (exact) mass is 248 g/mol. The highest BCUT2D eigenvalue weighted by molar-refractivity contribution is 5.43. The number of anilines is 2. The molecule has 1 saturated heterocycles. The maximum Gasteiger partial charge on any atom is 0.149 e. The lowest BCUT2D eigenvalue weighted by Gasteiger charge is -2.24. The van der Waals surface area contributed by atoms with Crippen LogP contribution in [-0.4, -0.2) is 29.6 Å². The zero-order chi connectivity index (χ0) is 13.0. The van der Waals surface area contributed by atoms with E-state index in [2.05, 4.69) is 41.0 Å². The SMILES string of the molecule is CCNc1cncc(N2CCCC(C)(C)CC2)n1. The minimum absolute atomic E-state index is 0.460. The third-order valence-electron chi connectivity index (χ3n) is 3.64. The van der Waals surface area contributed by atoms with Gasteiger partial charge in [0, 0.05) is 19.6 Å². The summed E-state index contributed by atoms with van der Waals surface area (Å²) >= 11 is 0. The van der Waals surface area contributed by atoms with E-state index < -0.39 is 0 Å². The predicted octanol–water partition coefficient (Wildman–Crippen LogP) is 2.92. The van der Waals surface area contributed by atoms with Crippen LogP contribution in [0.25, 0.3) is 0 Å². The van der Waals surface area contributed by atoms with Crippen molar-refractivity contribution in [2.24, 2.45) is 5.41 Å². The van der Waals surface area contributed by atoms with Crippen molar-refractivity contribution >= 4 is 11.6 Å². The fraction of sp³-hybridized carbons (Fsp3) is 0.714. The Morgan fingerprint density at radius 2 is 2.11 bits per heavy atom. The van der Waals surface area contributed by atoms with E-state index in [4.69, 9.17) is 0 Å². The third kappa shape index (κ3) is 3.34. The van der Waals surface area contributed by atoms with Gasteiger partial charge in [-0.15, -0.1) is 0 Å². The lowest BCUT2D eigenvalue weighted by atomic mass is 9.85. The fourth-order valence-corrected chi connectivity index (χ4v) is 2.43. The van der Waals surface area contributed by atoms with Gasteiger partial charge in [0.2, 0.25) is 0 Å². The van der Waals surface area contributed by atoms with Crippen molar-refractivity contribution in [3.8, 4) is 0 Å². The summed E-state index contributed by atoms with van der Waals surface area (Å²) in [5.41, 5.74) is 0.460. The van der Waals surface area contributed by atoms with Gasteiger partial charge >= 0.3 is 0 Å². The van der Waals surface area contributed by atoms with E-state index in [0.717, 1.165) is 31.3 Å². The second-order valence-corrected chi connectivity index (χ2v) is 5.80. The van der Waals surface area contributed by atoms with Crippen LogP contribution in [-0.2, 0) is 0 Å². The van der Waals surface area contributed by atoms with Crippen LogP contribution in [0, 0.1) is 5.41 Å². The van der Waals surface area contributed by atoms with Gasteiger partial charge < -0.3 is 10.2 Å². The number of hydrogen-bond acceptors (Lipinski definition) is 4. The first kappa shape index (κ1) is 13.1. The molecule has 0 radical (unpaired) electrons. The van der Waals surface area contributed by atoms with Gasteiger partial charge in [0.05, 0.1) is 12.4 Å². The molecule has 4 heteroatoms. The van der Waals surface area contributed by atoms with Crippen LogP contribution in [0.3, 0.4) is 0 Å². The predicted molar refractivity (Wildman–Crippen MR) is 76.0 cm³/mol. The number of hydrogen-bond donors (Lipinski definition) is 1. The van der Waals surface area contributed by atoms with Crippen LogP contribution in [0.1, 0.15) is 40.0 Å². The summed E-state index contributed by atoms with van der Waals surface area (Å²) in [6.07, 6.45) is 7.41. The summed E-state index contributed by atoms with van der Waals surface area (Å²) in [5, 5.41) is 3.22. The molecule has 0 bridgehead atoms. The maximum atomic E-state index is 4.63. The molecule has 0 atom stereocenters. The summed E-state index contributed by atoms with van der Waals surface area (Å²) in [7, 11) is 0. The van der Waals surface area contributed by atoms with Crippen LogP contribution < -0.4 is 10.2 Å². The van der Waals surface area contributed by atoms with Gasteiger partial charge in [-0.3, -0.25) is 4.98 Å². The Labute approximate surface area is 110 Å². The molecule has 2 rings (SSSR count). The smallest absolute Gasteiger partial charge is 0.149 e. The van der Waals surface area contributed by atoms with Gasteiger partial charge in [-0.25, -0.2) is 4.98 Å². The van der Waals surface area contributed by atoms with Crippen LogP contribution in [0.2, 0.25) is 0 Å². The molecule has 2 heterocycles. The largest absolute Gasteiger partial charge is 0.369 e. The van der Waals surface area contributed by atoms with Gasteiger partial charge in [-0.05, 0) is 31.6 Å². The van der Waals surface area contributed by atoms with Crippen LogP contribution in [0.15, 0.2) is 12.4 Å². The Hall–Kier alpha value is -1.32. The first-order valence-corrected chi connectivity index (χ1v) is 6.91. The third-order valence-corrected chi connectivity index (χ3v) is 3.64. The van der Waals surface area contributed by atoms with E-state index in [1.54, 1.807) is 6.20 Å². The molecule has 1 aliphatic rings. The van der Waals surface area contributed by atoms with Gasteiger partial charge in [0.15, 0.2) is 0 Å². The molecular formula is C14H24N4. The average molecular weight is 248 g/mol. The number of aromatic nitrogens is 2. The van der Waals surface area contributed by atoms with Crippen LogP contribution in [0.4, 0.5) is 11.6 Å². The number of nitrogens with zero attached hydrogens (tertiary/aromatic N) is 3. The quantitative estimate of drug-likeness (QED) is 0.893. The Kier molecular flexibility index (Phi) is 4.04. The highest BCUT2D eigenvalue weighted by atomic mass is 15.2. The lowest BCUT2D eigenvalue weighted by Crippen LogP contribution is -2.26. The first-order valence-electron chi connectivity index (χ1n) is 6.91. The van der Waals surface area contributed by atoms with E-state index in [-0.39, 0.29) is 0 Å². The van der Waals surface area contributed by atoms with E-state index in [9.17, 15) is 0 Å². The highest BCUT2D eigenvalue weighted by Crippen LogP contribution is 2.31. The second-order valence-electron chi connectivity index (χ2n) is 5.80. The normalized spacial score (nSPS) is 19.4. The highest BCUT2D eigenvalue weighted by Gasteiger charge is 2.23. The Morgan fingerprint density at radius 3 is 2.89 bits per heavy atom. The summed E-state index contributed by atoms with van der Waals surface area (Å²) in [4.78, 5) is 11.3. The number of rotatable bonds is 3. The molecule has 0 unspecified atom stereocenters. The standard InChI is InChI=1S/C14H24N4/c1-4-16-12-10-15-11-13(17-12)18-8-5-6-14(2,3)7-9-18/h10-11H,4-9H2,1-3H3,(H,16,17). The van der Waals surface area contributed by atoms with E-state index in [0.29, 0.717) is 5.41 Å². The Balaban J connectivity index is 2.08. The zero-order valence-corrected chi connectivity index (χ0v) is 11.7. The van der Waals surface area contributed by atoms with Crippen molar-refractivity contribution in [2.75, 3.05) is 29.9 Å². The minimum atomic E-state index is 0.460. The van der Waals surface area contributed by atoms with E-state index in [1.807, 2.05) is 6.20 Å². The van der Waals surface area contributed by atoms with Crippen molar-refractivity contribution in [1.29, 1.82) is 0 Å². The first-order chi connectivity index (χ1) is 8.61. The topological polar surface area (TPSA) is 41.1 Å². The molecule has 1 aliphatic heterocycles. The lowest BCUT2D eigenvalue weighted by molar-refractivity contribution is 0.325. The van der Waals surface area contributed by atoms with Crippen molar-refractivity contribution in [2.45, 2.75) is 40.0 Å². The Morgan fingerprint density at radius 1 is 1.28 bits per heavy atom. The second kappa shape index (κ2) is 5.55. The molecule has 0 amide bonds. The molecule has 0 saturated carbocycles. The summed E-state index contributed by atoms with van der Waals surface area (Å²) in [6.45, 7) is 9.84. The molecular weight excluding hydrogens is 224 g/mol. The molecule has 0 spiro atoms. The van der Waals surface area contributed by atoms with Gasteiger partial charge in [0.25, 0.3) is 0 Å². The molecule has 0 aromatic carbocycles. The molecule has 1 aromatic heterocycles. The van der Waals surface area contributed by atoms with Gasteiger partial charge in [-0.1, -0.05) is 13.8 Å². The van der Waals surface area contributed by atoms with Gasteiger partial charge in [0.1, 0.15) is 11.6 Å². The summed E-state index contributed by atoms with van der Waals surface area (Å²) < 4.78 is 0. The zero-order valence-electron chi connectivity index (χ0n) is 11.7. The van der Waals surface area contributed by atoms with E-state index in [1.165, 1.54) is 19.3 Å². The molecule has 4 nitrogen and oxygen atoms in total. The van der Waals surface area contributed by atoms with Crippen molar-refractivity contribution < 1.29 is 0 Å². The van der Waals surface area contributed by atoms with Crippen LogP contribution in [0.5, 0.6) is 0 Å². The molecule has 18 heavy (non-hydrogen) atoms. The van der Waals surface area contributed by atoms with Crippen molar-refractivity contribution in [3.63, 3.8) is 0 Å². The number of nitrogens with one attached hydrogen (secondary N) is 1. The van der Waals surface area contributed by atoms with Crippen molar-refractivity contribution in [3.05, 3.63) is 12.4 Å². The maximum absolute atomic E-state index is 4.63. The molecule has 1 aromatic rings. The van der Waals surface area contributed by atoms with E-state index >= 15 is 0 Å². The fourth-order valence-electron chi connectivity index (χ4n) is 2.43. The summed E-state index contributed by atoms with van der Waals surface area (Å²) in [5.74, 6) is 1.88. The molecule has 1 fully saturated rings. The average Bonchev–Trinajstić information content (AvgIpc) is 2.51. The molecule has 100 valence electrons. The van der Waals surface area contributed by atoms with Crippen molar-refractivity contribution in [1.82, 2.24) is 9.97 Å². The Bertz CT molecular complexity index is 389. The summed E-state index contributed by atoms with van der Waals surface area (Å²) in [6, 6.07) is 0. The van der Waals surface area contributed by atoms with Gasteiger partial charge in [-0.2, -0.15) is 0 Å². The molecule has 1 N–H and O–H groups in total. The molecule has 0 aliphatic carbocycles. The van der Waals surface area contributed by atoms with Crippen LogP contribution >= 0.6 is 0 Å².